The molecule has 0 spiro atoms. The number of amides is 1. The molecule has 3 rings (SSSR count). The van der Waals surface area contributed by atoms with Crippen LogP contribution in [-0.2, 0) is 4.79 Å². The van der Waals surface area contributed by atoms with E-state index in [2.05, 4.69) is 10.3 Å². The van der Waals surface area contributed by atoms with Gasteiger partial charge in [0.05, 0.1) is 0 Å². The monoisotopic (exact) mass is 387 g/mol. The summed E-state index contributed by atoms with van der Waals surface area (Å²) in [5, 5.41) is 3.50. The van der Waals surface area contributed by atoms with Crippen LogP contribution >= 0.6 is 23.8 Å². The van der Waals surface area contributed by atoms with Gasteiger partial charge in [-0.2, -0.15) is 0 Å². The molecule has 1 heterocycles. The molecule has 1 amide bonds. The van der Waals surface area contributed by atoms with E-state index in [9.17, 15) is 4.79 Å². The normalized spacial score (nSPS) is 11.2. The standard InChI is InChI=1S/C19H18ClN3O2S/c1-19(2,25-16-8-6-13(20)7-9-16)17(24)22-14-4-3-5-15(12-14)23-11-10-21-18(23)26/h3-12H,1-2H3,(H,21,26)(H,22,24). The lowest BCUT2D eigenvalue weighted by Crippen LogP contribution is -2.42. The Labute approximate surface area is 161 Å². The third-order valence-corrected chi connectivity index (χ3v) is 4.33. The second-order valence-corrected chi connectivity index (χ2v) is 7.03. The average molecular weight is 388 g/mol. The Bertz CT molecular complexity index is 977. The Hall–Kier alpha value is -2.57. The Morgan fingerprint density at radius 3 is 2.62 bits per heavy atom. The van der Waals surface area contributed by atoms with Gasteiger partial charge in [0.2, 0.25) is 0 Å². The zero-order chi connectivity index (χ0) is 18.7. The van der Waals surface area contributed by atoms with Crippen LogP contribution in [0.25, 0.3) is 5.69 Å². The van der Waals surface area contributed by atoms with Gasteiger partial charge in [0.15, 0.2) is 10.4 Å². The highest BCUT2D eigenvalue weighted by Gasteiger charge is 2.30. The van der Waals surface area contributed by atoms with E-state index in [1.165, 1.54) is 0 Å². The first-order valence-corrected chi connectivity index (χ1v) is 8.76. The highest BCUT2D eigenvalue weighted by molar-refractivity contribution is 7.71. The molecule has 0 atom stereocenters. The molecule has 1 aromatic heterocycles. The summed E-state index contributed by atoms with van der Waals surface area (Å²) >= 11 is 11.1. The van der Waals surface area contributed by atoms with Crippen molar-refractivity contribution in [2.24, 2.45) is 0 Å². The van der Waals surface area contributed by atoms with Crippen LogP contribution in [0.15, 0.2) is 60.9 Å². The highest BCUT2D eigenvalue weighted by atomic mass is 35.5. The molecular formula is C19H18ClN3O2S. The molecule has 134 valence electrons. The van der Waals surface area contributed by atoms with Gasteiger partial charge in [-0.25, -0.2) is 0 Å². The van der Waals surface area contributed by atoms with Crippen LogP contribution in [0.2, 0.25) is 5.02 Å². The van der Waals surface area contributed by atoms with Crippen molar-refractivity contribution in [3.05, 3.63) is 70.7 Å². The van der Waals surface area contributed by atoms with E-state index in [0.717, 1.165) is 5.69 Å². The average Bonchev–Trinajstić information content (AvgIpc) is 3.03. The third-order valence-electron chi connectivity index (χ3n) is 3.76. The summed E-state index contributed by atoms with van der Waals surface area (Å²) in [5.41, 5.74) is 0.447. The fraction of sp³-hybridized carbons (Fsp3) is 0.158. The van der Waals surface area contributed by atoms with E-state index in [0.29, 0.717) is 21.2 Å². The molecule has 0 saturated heterocycles. The molecule has 26 heavy (non-hydrogen) atoms. The van der Waals surface area contributed by atoms with Gasteiger partial charge in [-0.3, -0.25) is 9.36 Å². The topological polar surface area (TPSA) is 59.0 Å². The number of hydrogen-bond donors (Lipinski definition) is 2. The van der Waals surface area contributed by atoms with Crippen molar-refractivity contribution in [3.8, 4) is 11.4 Å². The first-order chi connectivity index (χ1) is 12.3. The number of anilines is 1. The Morgan fingerprint density at radius 2 is 1.96 bits per heavy atom. The molecular weight excluding hydrogens is 370 g/mol. The number of nitrogens with one attached hydrogen (secondary N) is 2. The van der Waals surface area contributed by atoms with Crippen LogP contribution in [0, 0.1) is 4.77 Å². The molecule has 0 unspecified atom stereocenters. The molecule has 5 nitrogen and oxygen atoms in total. The maximum Gasteiger partial charge on any atom is 0.267 e. The lowest BCUT2D eigenvalue weighted by atomic mass is 10.1. The molecule has 0 saturated carbocycles. The number of carbonyl (C=O) groups is 1. The summed E-state index contributed by atoms with van der Waals surface area (Å²) in [6.07, 6.45) is 3.59. The molecule has 0 aliphatic heterocycles. The Balaban J connectivity index is 1.75. The van der Waals surface area contributed by atoms with Gasteiger partial charge >= 0.3 is 0 Å². The van der Waals surface area contributed by atoms with Crippen molar-refractivity contribution >= 4 is 35.4 Å². The van der Waals surface area contributed by atoms with E-state index in [4.69, 9.17) is 28.6 Å². The molecule has 3 aromatic rings. The minimum absolute atomic E-state index is 0.262. The number of benzene rings is 2. The summed E-state index contributed by atoms with van der Waals surface area (Å²) in [7, 11) is 0. The van der Waals surface area contributed by atoms with Crippen molar-refractivity contribution < 1.29 is 9.53 Å². The predicted molar refractivity (Wildman–Crippen MR) is 106 cm³/mol. The smallest absolute Gasteiger partial charge is 0.267 e. The summed E-state index contributed by atoms with van der Waals surface area (Å²) in [6.45, 7) is 3.42. The van der Waals surface area contributed by atoms with E-state index in [-0.39, 0.29) is 5.91 Å². The number of rotatable bonds is 5. The number of halogens is 1. The maximum absolute atomic E-state index is 12.7. The van der Waals surface area contributed by atoms with E-state index >= 15 is 0 Å². The number of aromatic nitrogens is 2. The van der Waals surface area contributed by atoms with Crippen molar-refractivity contribution in [3.63, 3.8) is 0 Å². The molecule has 0 bridgehead atoms. The van der Waals surface area contributed by atoms with Crippen molar-refractivity contribution in [2.45, 2.75) is 19.4 Å². The van der Waals surface area contributed by atoms with Crippen molar-refractivity contribution in [1.29, 1.82) is 0 Å². The largest absolute Gasteiger partial charge is 0.478 e. The molecule has 0 fully saturated rings. The Morgan fingerprint density at radius 1 is 1.23 bits per heavy atom. The van der Waals surface area contributed by atoms with Gasteiger partial charge in [-0.05, 0) is 68.5 Å². The number of H-pyrrole nitrogens is 1. The number of ether oxygens (including phenoxy) is 1. The van der Waals surface area contributed by atoms with Crippen molar-refractivity contribution in [2.75, 3.05) is 5.32 Å². The van der Waals surface area contributed by atoms with Gasteiger partial charge in [-0.1, -0.05) is 17.7 Å². The zero-order valence-electron chi connectivity index (χ0n) is 14.3. The summed E-state index contributed by atoms with van der Waals surface area (Å²) in [4.78, 5) is 15.6. The lowest BCUT2D eigenvalue weighted by molar-refractivity contribution is -0.128. The SMILES string of the molecule is CC(C)(Oc1ccc(Cl)cc1)C(=O)Nc1cccc(-n2cc[nH]c2=S)c1. The van der Waals surface area contributed by atoms with Crippen LogP contribution < -0.4 is 10.1 Å². The first-order valence-electron chi connectivity index (χ1n) is 7.98. The molecule has 0 aliphatic carbocycles. The fourth-order valence-corrected chi connectivity index (χ4v) is 2.74. The maximum atomic E-state index is 12.7. The third kappa shape index (κ3) is 4.15. The molecule has 0 aliphatic rings. The predicted octanol–water partition coefficient (Wildman–Crippen LogP) is 4.98. The molecule has 2 N–H and O–H groups in total. The van der Waals surface area contributed by atoms with Gasteiger partial charge in [0.1, 0.15) is 5.75 Å². The number of carbonyl (C=O) groups excluding carboxylic acids is 1. The number of aromatic amines is 1. The fourth-order valence-electron chi connectivity index (χ4n) is 2.38. The zero-order valence-corrected chi connectivity index (χ0v) is 15.9. The lowest BCUT2D eigenvalue weighted by Gasteiger charge is -2.25. The number of hydrogen-bond acceptors (Lipinski definition) is 3. The van der Waals surface area contributed by atoms with Gasteiger partial charge in [0.25, 0.3) is 5.91 Å². The van der Waals surface area contributed by atoms with Crippen LogP contribution in [0.4, 0.5) is 5.69 Å². The number of nitrogens with zero attached hydrogens (tertiary/aromatic N) is 1. The van der Waals surface area contributed by atoms with Crippen LogP contribution in [0.1, 0.15) is 13.8 Å². The second-order valence-electron chi connectivity index (χ2n) is 6.21. The number of imidazole rings is 1. The van der Waals surface area contributed by atoms with E-state index < -0.39 is 5.60 Å². The van der Waals surface area contributed by atoms with Gasteiger partial charge < -0.3 is 15.0 Å². The summed E-state index contributed by atoms with van der Waals surface area (Å²) < 4.78 is 8.22. The van der Waals surface area contributed by atoms with Gasteiger partial charge in [0, 0.05) is 28.8 Å². The van der Waals surface area contributed by atoms with Crippen LogP contribution in [0.3, 0.4) is 0 Å². The quantitative estimate of drug-likeness (QED) is 0.606. The highest BCUT2D eigenvalue weighted by Crippen LogP contribution is 2.23. The van der Waals surface area contributed by atoms with Crippen LogP contribution in [0.5, 0.6) is 5.75 Å². The molecule has 0 radical (unpaired) electrons. The molecule has 2 aromatic carbocycles. The summed E-state index contributed by atoms with van der Waals surface area (Å²) in [6, 6.07) is 14.3. The van der Waals surface area contributed by atoms with E-state index in [1.807, 2.05) is 35.0 Å². The summed E-state index contributed by atoms with van der Waals surface area (Å²) in [5.74, 6) is 0.309. The minimum atomic E-state index is -1.06. The van der Waals surface area contributed by atoms with Gasteiger partial charge in [-0.15, -0.1) is 0 Å². The minimum Gasteiger partial charge on any atom is -0.478 e. The molecule has 7 heteroatoms. The first kappa shape index (κ1) is 18.2. The second kappa shape index (κ2) is 7.35. The Kier molecular flexibility index (Phi) is 5.15. The van der Waals surface area contributed by atoms with Crippen molar-refractivity contribution in [1.82, 2.24) is 9.55 Å². The van der Waals surface area contributed by atoms with E-state index in [1.54, 1.807) is 44.3 Å². The van der Waals surface area contributed by atoms with Crippen LogP contribution in [-0.4, -0.2) is 21.1 Å².